The van der Waals surface area contributed by atoms with Gasteiger partial charge in [0.15, 0.2) is 0 Å². The third-order valence-electron chi connectivity index (χ3n) is 3.80. The van der Waals surface area contributed by atoms with Crippen molar-refractivity contribution in [2.45, 2.75) is 24.9 Å². The number of aliphatic hydroxyl groups is 2. The third kappa shape index (κ3) is 4.02. The van der Waals surface area contributed by atoms with Crippen LogP contribution in [0.3, 0.4) is 0 Å². The molecule has 1 fully saturated rings. The number of carbonyl (C=O) groups excluding carboxylic acids is 1. The number of nitrogens with zero attached hydrogens (tertiary/aromatic N) is 2. The molecule has 3 rings (SSSR count). The quantitative estimate of drug-likeness (QED) is 0.640. The second-order valence-corrected chi connectivity index (χ2v) is 5.56. The van der Waals surface area contributed by atoms with E-state index >= 15 is 0 Å². The first kappa shape index (κ1) is 17.1. The van der Waals surface area contributed by atoms with Gasteiger partial charge in [-0.3, -0.25) is 9.88 Å². The van der Waals surface area contributed by atoms with Gasteiger partial charge in [0, 0.05) is 18.3 Å². The Morgan fingerprint density at radius 1 is 1.28 bits per heavy atom. The second-order valence-electron chi connectivity index (χ2n) is 5.56. The highest BCUT2D eigenvalue weighted by Crippen LogP contribution is 2.27. The molecule has 25 heavy (non-hydrogen) atoms. The molecule has 4 N–H and O–H groups in total. The van der Waals surface area contributed by atoms with E-state index in [4.69, 9.17) is 9.84 Å². The molecule has 1 aromatic heterocycles. The van der Waals surface area contributed by atoms with Gasteiger partial charge in [-0.25, -0.2) is 9.59 Å². The van der Waals surface area contributed by atoms with Crippen LogP contribution in [0, 0.1) is 0 Å². The molecule has 9 heteroatoms. The molecular formula is C16H18N4O5. The van der Waals surface area contributed by atoms with Gasteiger partial charge in [-0.2, -0.15) is 4.98 Å². The van der Waals surface area contributed by atoms with Crippen LogP contribution >= 0.6 is 0 Å². The van der Waals surface area contributed by atoms with Crippen LogP contribution in [-0.4, -0.2) is 44.6 Å². The fourth-order valence-corrected chi connectivity index (χ4v) is 2.55. The van der Waals surface area contributed by atoms with Crippen LogP contribution in [0.4, 0.5) is 16.3 Å². The van der Waals surface area contributed by atoms with E-state index in [1.807, 2.05) is 6.07 Å². The van der Waals surface area contributed by atoms with Crippen LogP contribution in [0.1, 0.15) is 12.6 Å². The second kappa shape index (κ2) is 7.43. The third-order valence-corrected chi connectivity index (χ3v) is 3.80. The lowest BCUT2D eigenvalue weighted by Gasteiger charge is -2.14. The minimum absolute atomic E-state index is 0.0898. The van der Waals surface area contributed by atoms with Crippen molar-refractivity contribution < 1.29 is 19.7 Å². The van der Waals surface area contributed by atoms with Crippen LogP contribution in [0.5, 0.6) is 0 Å². The molecule has 2 aromatic rings. The van der Waals surface area contributed by atoms with E-state index in [0.29, 0.717) is 5.69 Å². The summed E-state index contributed by atoms with van der Waals surface area (Å²) < 4.78 is 6.62. The maximum atomic E-state index is 12.1. The summed E-state index contributed by atoms with van der Waals surface area (Å²) in [6.07, 6.45) is -0.694. The smallest absolute Gasteiger partial charge is 0.351 e. The summed E-state index contributed by atoms with van der Waals surface area (Å²) in [5.74, 6) is 0.0898. The zero-order valence-electron chi connectivity index (χ0n) is 13.2. The summed E-state index contributed by atoms with van der Waals surface area (Å²) in [6, 6.07) is 9.77. The minimum atomic E-state index is -0.851. The van der Waals surface area contributed by atoms with E-state index in [9.17, 15) is 14.7 Å². The lowest BCUT2D eigenvalue weighted by atomic mass is 10.2. The number of urea groups is 1. The molecule has 2 unspecified atom stereocenters. The number of hydrogen-bond acceptors (Lipinski definition) is 6. The number of aliphatic hydroxyl groups excluding tert-OH is 2. The summed E-state index contributed by atoms with van der Waals surface area (Å²) in [6.45, 7) is -0.334. The van der Waals surface area contributed by atoms with Gasteiger partial charge in [0.2, 0.25) is 0 Å². The van der Waals surface area contributed by atoms with Gasteiger partial charge in [-0.15, -0.1) is 0 Å². The van der Waals surface area contributed by atoms with Crippen LogP contribution in [0.25, 0.3) is 0 Å². The predicted molar refractivity (Wildman–Crippen MR) is 89.2 cm³/mol. The van der Waals surface area contributed by atoms with Crippen molar-refractivity contribution in [1.29, 1.82) is 0 Å². The molecule has 0 saturated carbocycles. The maximum absolute atomic E-state index is 12.1. The number of aromatic nitrogens is 2. The fraction of sp³-hybridized carbons (Fsp3) is 0.312. The number of anilines is 2. The van der Waals surface area contributed by atoms with E-state index in [-0.39, 0.29) is 18.8 Å². The fourth-order valence-electron chi connectivity index (χ4n) is 2.55. The molecule has 1 saturated heterocycles. The van der Waals surface area contributed by atoms with Gasteiger partial charge in [-0.1, -0.05) is 18.2 Å². The molecule has 0 radical (unpaired) electrons. The van der Waals surface area contributed by atoms with Gasteiger partial charge >= 0.3 is 11.7 Å². The average Bonchev–Trinajstić information content (AvgIpc) is 2.96. The minimum Gasteiger partial charge on any atom is -0.394 e. The maximum Gasteiger partial charge on any atom is 0.351 e. The number of para-hydroxylation sites is 1. The Morgan fingerprint density at radius 2 is 2.04 bits per heavy atom. The first-order valence-corrected chi connectivity index (χ1v) is 7.73. The lowest BCUT2D eigenvalue weighted by Crippen LogP contribution is -2.29. The van der Waals surface area contributed by atoms with E-state index in [0.717, 1.165) is 0 Å². The molecule has 9 nitrogen and oxygen atoms in total. The van der Waals surface area contributed by atoms with Crippen molar-refractivity contribution in [1.82, 2.24) is 9.55 Å². The highest BCUT2D eigenvalue weighted by atomic mass is 16.5. The lowest BCUT2D eigenvalue weighted by molar-refractivity contribution is -0.0458. The standard InChI is InChI=1S/C16H18N4O5/c21-9-12-11(22)8-14(25-12)20-7-6-13(19-16(20)24)18-15(23)17-10-4-2-1-3-5-10/h1-7,11-12,14,21-22H,8-9H2,(H2,17,18,19,23,24)/t11-,12?,14?/m1/s1. The number of carbonyl (C=O) groups is 1. The Bertz CT molecular complexity index is 795. The average molecular weight is 346 g/mol. The van der Waals surface area contributed by atoms with Crippen LogP contribution < -0.4 is 16.3 Å². The molecule has 1 aliphatic rings. The first-order valence-electron chi connectivity index (χ1n) is 7.73. The van der Waals surface area contributed by atoms with Gasteiger partial charge in [0.1, 0.15) is 18.1 Å². The molecule has 1 aliphatic heterocycles. The van der Waals surface area contributed by atoms with Crippen molar-refractivity contribution in [3.8, 4) is 0 Å². The SMILES string of the molecule is O=C(Nc1ccccc1)Nc1ccn(C2C[C@@H](O)C(CO)O2)c(=O)n1. The Morgan fingerprint density at radius 3 is 2.68 bits per heavy atom. The molecule has 0 aliphatic carbocycles. The van der Waals surface area contributed by atoms with Gasteiger partial charge in [-0.05, 0) is 18.2 Å². The zero-order valence-corrected chi connectivity index (χ0v) is 13.2. The molecule has 0 bridgehead atoms. The van der Waals surface area contributed by atoms with Crippen molar-refractivity contribution >= 4 is 17.5 Å². The normalized spacial score (nSPS) is 22.6. The zero-order chi connectivity index (χ0) is 17.8. The van der Waals surface area contributed by atoms with Gasteiger partial charge < -0.3 is 20.3 Å². The summed E-state index contributed by atoms with van der Waals surface area (Å²) in [7, 11) is 0. The van der Waals surface area contributed by atoms with Crippen molar-refractivity contribution in [2.24, 2.45) is 0 Å². The molecule has 2 heterocycles. The summed E-state index contributed by atoms with van der Waals surface area (Å²) >= 11 is 0. The van der Waals surface area contributed by atoms with E-state index in [1.165, 1.54) is 16.8 Å². The summed E-state index contributed by atoms with van der Waals surface area (Å²) in [5, 5.41) is 23.9. The van der Waals surface area contributed by atoms with E-state index in [2.05, 4.69) is 15.6 Å². The van der Waals surface area contributed by atoms with Crippen molar-refractivity contribution in [3.05, 3.63) is 53.1 Å². The van der Waals surface area contributed by atoms with Crippen molar-refractivity contribution in [2.75, 3.05) is 17.2 Å². The predicted octanol–water partition coefficient (Wildman–Crippen LogP) is 0.528. The first-order chi connectivity index (χ1) is 12.1. The number of hydrogen-bond donors (Lipinski definition) is 4. The molecule has 1 aromatic carbocycles. The van der Waals surface area contributed by atoms with Crippen LogP contribution in [0.15, 0.2) is 47.4 Å². The molecule has 132 valence electrons. The number of benzene rings is 1. The van der Waals surface area contributed by atoms with Gasteiger partial charge in [0.25, 0.3) is 0 Å². The Labute approximate surface area is 142 Å². The summed E-state index contributed by atoms with van der Waals surface area (Å²) in [5.41, 5.74) is -0.0231. The molecule has 3 atom stereocenters. The largest absolute Gasteiger partial charge is 0.394 e. The number of ether oxygens (including phenoxy) is 1. The number of amides is 2. The Kier molecular flexibility index (Phi) is 5.08. The topological polar surface area (TPSA) is 126 Å². The molecule has 2 amide bonds. The highest BCUT2D eigenvalue weighted by molar-refractivity contribution is 5.99. The number of nitrogens with one attached hydrogen (secondary N) is 2. The van der Waals surface area contributed by atoms with Crippen molar-refractivity contribution in [3.63, 3.8) is 0 Å². The summed E-state index contributed by atoms with van der Waals surface area (Å²) in [4.78, 5) is 27.8. The Hall–Kier alpha value is -2.75. The van der Waals surface area contributed by atoms with Gasteiger partial charge in [0.05, 0.1) is 12.7 Å². The van der Waals surface area contributed by atoms with Crippen LogP contribution in [-0.2, 0) is 4.74 Å². The van der Waals surface area contributed by atoms with E-state index in [1.54, 1.807) is 24.3 Å². The van der Waals surface area contributed by atoms with Crippen LogP contribution in [0.2, 0.25) is 0 Å². The molecular weight excluding hydrogens is 328 g/mol. The Balaban J connectivity index is 1.66. The molecule has 0 spiro atoms. The van der Waals surface area contributed by atoms with E-state index < -0.39 is 30.2 Å². The monoisotopic (exact) mass is 346 g/mol. The number of rotatable bonds is 4. The highest BCUT2D eigenvalue weighted by Gasteiger charge is 2.34.